The lowest BCUT2D eigenvalue weighted by atomic mass is 10.1. The largest absolute Gasteiger partial charge is 0.389 e. The van der Waals surface area contributed by atoms with Gasteiger partial charge in [-0.05, 0) is 31.0 Å². The summed E-state index contributed by atoms with van der Waals surface area (Å²) in [6.45, 7) is 3.46. The molecule has 1 unspecified atom stereocenters. The molecule has 0 saturated heterocycles. The first kappa shape index (κ1) is 17.6. The average molecular weight is 314 g/mol. The molecule has 0 bridgehead atoms. The lowest BCUT2D eigenvalue weighted by Gasteiger charge is -2.20. The van der Waals surface area contributed by atoms with Crippen LogP contribution in [0.4, 0.5) is 0 Å². The van der Waals surface area contributed by atoms with Gasteiger partial charge >= 0.3 is 0 Å². The number of hydrogen-bond donors (Lipinski definition) is 2. The maximum atomic E-state index is 12.5. The molecule has 0 fully saturated rings. The highest BCUT2D eigenvalue weighted by molar-refractivity contribution is 7.89. The number of primary amides is 1. The number of carbonyl (C=O) groups is 1. The molecule has 1 aromatic carbocycles. The molecule has 3 N–H and O–H groups in total. The van der Waals surface area contributed by atoms with E-state index in [4.69, 9.17) is 5.73 Å². The van der Waals surface area contributed by atoms with Crippen LogP contribution in [-0.4, -0.2) is 36.8 Å². The van der Waals surface area contributed by atoms with Crippen LogP contribution >= 0.6 is 0 Å². The van der Waals surface area contributed by atoms with E-state index in [2.05, 4.69) is 0 Å². The third kappa shape index (κ3) is 4.80. The first-order valence-electron chi connectivity index (χ1n) is 6.85. The van der Waals surface area contributed by atoms with E-state index in [9.17, 15) is 18.3 Å². The normalized spacial score (nSPS) is 13.3. The Balaban J connectivity index is 3.06. The van der Waals surface area contributed by atoms with E-state index < -0.39 is 22.0 Å². The van der Waals surface area contributed by atoms with Gasteiger partial charge in [-0.2, -0.15) is 4.31 Å². The number of hydrogen-bond acceptors (Lipinski definition) is 4. The van der Waals surface area contributed by atoms with E-state index >= 15 is 0 Å². The molecule has 0 saturated carbocycles. The monoisotopic (exact) mass is 314 g/mol. The number of nitrogens with two attached hydrogens (primary N) is 1. The quantitative estimate of drug-likeness (QED) is 0.748. The topological polar surface area (TPSA) is 101 Å². The van der Waals surface area contributed by atoms with Gasteiger partial charge in [-0.3, -0.25) is 4.79 Å². The fourth-order valence-electron chi connectivity index (χ4n) is 1.86. The predicted octanol–water partition coefficient (Wildman–Crippen LogP) is 1.02. The number of rotatable bonds is 8. The molecule has 0 aliphatic carbocycles. The van der Waals surface area contributed by atoms with Crippen molar-refractivity contribution in [2.45, 2.75) is 37.7 Å². The Morgan fingerprint density at radius 3 is 2.33 bits per heavy atom. The molecule has 1 atom stereocenters. The maximum absolute atomic E-state index is 12.5. The molecule has 21 heavy (non-hydrogen) atoms. The minimum Gasteiger partial charge on any atom is -0.389 e. The van der Waals surface area contributed by atoms with Crippen LogP contribution in [0.15, 0.2) is 29.2 Å². The van der Waals surface area contributed by atoms with Crippen molar-refractivity contribution in [3.8, 4) is 0 Å². The predicted molar refractivity (Wildman–Crippen MR) is 79.9 cm³/mol. The first-order chi connectivity index (χ1) is 9.78. The summed E-state index contributed by atoms with van der Waals surface area (Å²) in [6.07, 6.45) is 0.799. The van der Waals surface area contributed by atoms with Crippen LogP contribution in [0.5, 0.6) is 0 Å². The summed E-state index contributed by atoms with van der Waals surface area (Å²) in [6, 6.07) is 5.97. The molecular weight excluding hydrogens is 292 g/mol. The van der Waals surface area contributed by atoms with Gasteiger partial charge < -0.3 is 10.8 Å². The molecule has 0 heterocycles. The lowest BCUT2D eigenvalue weighted by molar-refractivity contribution is -0.118. The SMILES string of the molecule is CCCCN(CC(N)=O)S(=O)(=O)c1ccc(C(C)O)cc1. The van der Waals surface area contributed by atoms with E-state index in [1.54, 1.807) is 19.1 Å². The van der Waals surface area contributed by atoms with Crippen molar-refractivity contribution in [3.63, 3.8) is 0 Å². The lowest BCUT2D eigenvalue weighted by Crippen LogP contribution is -2.39. The van der Waals surface area contributed by atoms with Crippen LogP contribution in [-0.2, 0) is 14.8 Å². The highest BCUT2D eigenvalue weighted by Crippen LogP contribution is 2.19. The van der Waals surface area contributed by atoms with Gasteiger partial charge in [-0.1, -0.05) is 25.5 Å². The van der Waals surface area contributed by atoms with Gasteiger partial charge in [0.25, 0.3) is 0 Å². The summed E-state index contributed by atoms with van der Waals surface area (Å²) < 4.78 is 26.1. The van der Waals surface area contributed by atoms with Crippen molar-refractivity contribution in [1.82, 2.24) is 4.31 Å². The fourth-order valence-corrected chi connectivity index (χ4v) is 3.30. The van der Waals surface area contributed by atoms with E-state index in [1.165, 1.54) is 12.1 Å². The number of unbranched alkanes of at least 4 members (excludes halogenated alkanes) is 1. The Morgan fingerprint density at radius 1 is 1.33 bits per heavy atom. The molecule has 0 spiro atoms. The number of benzene rings is 1. The minimum atomic E-state index is -3.76. The van der Waals surface area contributed by atoms with E-state index in [0.29, 0.717) is 12.0 Å². The van der Waals surface area contributed by atoms with Crippen LogP contribution in [0, 0.1) is 0 Å². The fraction of sp³-hybridized carbons (Fsp3) is 0.500. The van der Waals surface area contributed by atoms with Crippen LogP contribution in [0.2, 0.25) is 0 Å². The Labute approximate surface area is 125 Å². The molecular formula is C14H22N2O4S. The van der Waals surface area contributed by atoms with E-state index in [-0.39, 0.29) is 18.0 Å². The molecule has 1 rings (SSSR count). The van der Waals surface area contributed by atoms with Crippen molar-refractivity contribution >= 4 is 15.9 Å². The number of aliphatic hydroxyl groups is 1. The summed E-state index contributed by atoms with van der Waals surface area (Å²) in [7, 11) is -3.76. The Kier molecular flexibility index (Phi) is 6.32. The number of carbonyl (C=O) groups excluding carboxylic acids is 1. The molecule has 7 heteroatoms. The average Bonchev–Trinajstić information content (AvgIpc) is 2.43. The number of amides is 1. The molecule has 6 nitrogen and oxygen atoms in total. The van der Waals surface area contributed by atoms with Crippen molar-refractivity contribution in [1.29, 1.82) is 0 Å². The highest BCUT2D eigenvalue weighted by Gasteiger charge is 2.25. The summed E-state index contributed by atoms with van der Waals surface area (Å²) in [5.41, 5.74) is 5.75. The first-order valence-corrected chi connectivity index (χ1v) is 8.29. The summed E-state index contributed by atoms with van der Waals surface area (Å²) in [4.78, 5) is 11.2. The Morgan fingerprint density at radius 2 is 1.90 bits per heavy atom. The number of nitrogens with zero attached hydrogens (tertiary/aromatic N) is 1. The van der Waals surface area contributed by atoms with Crippen molar-refractivity contribution in [2.75, 3.05) is 13.1 Å². The zero-order chi connectivity index (χ0) is 16.0. The molecule has 0 radical (unpaired) electrons. The van der Waals surface area contributed by atoms with Crippen LogP contribution in [0.1, 0.15) is 38.4 Å². The van der Waals surface area contributed by atoms with Crippen LogP contribution in [0.3, 0.4) is 0 Å². The third-order valence-corrected chi connectivity index (χ3v) is 4.95. The summed E-state index contributed by atoms with van der Waals surface area (Å²) >= 11 is 0. The summed E-state index contributed by atoms with van der Waals surface area (Å²) in [5.74, 6) is -0.685. The van der Waals surface area contributed by atoms with Gasteiger partial charge in [-0.15, -0.1) is 0 Å². The second-order valence-electron chi connectivity index (χ2n) is 4.90. The Hall–Kier alpha value is -1.44. The van der Waals surface area contributed by atoms with Gasteiger partial charge in [0.05, 0.1) is 17.5 Å². The molecule has 0 aliphatic heterocycles. The van der Waals surface area contributed by atoms with E-state index in [1.807, 2.05) is 6.92 Å². The molecule has 118 valence electrons. The zero-order valence-electron chi connectivity index (χ0n) is 12.3. The van der Waals surface area contributed by atoms with Crippen molar-refractivity contribution in [3.05, 3.63) is 29.8 Å². The summed E-state index contributed by atoms with van der Waals surface area (Å²) in [5, 5.41) is 9.44. The smallest absolute Gasteiger partial charge is 0.243 e. The second kappa shape index (κ2) is 7.53. The van der Waals surface area contributed by atoms with Crippen LogP contribution in [0.25, 0.3) is 0 Å². The van der Waals surface area contributed by atoms with Crippen molar-refractivity contribution in [2.24, 2.45) is 5.73 Å². The van der Waals surface area contributed by atoms with Gasteiger partial charge in [0, 0.05) is 6.54 Å². The van der Waals surface area contributed by atoms with Crippen molar-refractivity contribution < 1.29 is 18.3 Å². The molecule has 1 amide bonds. The van der Waals surface area contributed by atoms with E-state index in [0.717, 1.165) is 10.7 Å². The van der Waals surface area contributed by atoms with Gasteiger partial charge in [-0.25, -0.2) is 8.42 Å². The second-order valence-corrected chi connectivity index (χ2v) is 6.84. The minimum absolute atomic E-state index is 0.0873. The zero-order valence-corrected chi connectivity index (χ0v) is 13.1. The van der Waals surface area contributed by atoms with Gasteiger partial charge in [0.1, 0.15) is 0 Å². The van der Waals surface area contributed by atoms with Gasteiger partial charge in [0.15, 0.2) is 0 Å². The third-order valence-electron chi connectivity index (χ3n) is 3.09. The Bertz CT molecular complexity index is 567. The maximum Gasteiger partial charge on any atom is 0.243 e. The number of sulfonamides is 1. The molecule has 0 aliphatic rings. The highest BCUT2D eigenvalue weighted by atomic mass is 32.2. The molecule has 1 aromatic rings. The van der Waals surface area contributed by atoms with Gasteiger partial charge in [0.2, 0.25) is 15.9 Å². The standard InChI is InChI=1S/C14H22N2O4S/c1-3-4-9-16(10-14(15)18)21(19,20)13-7-5-12(6-8-13)11(2)17/h5-8,11,17H,3-4,9-10H2,1-2H3,(H2,15,18). The number of aliphatic hydroxyl groups excluding tert-OH is 1. The van der Waals surface area contributed by atoms with Crippen LogP contribution < -0.4 is 5.73 Å². The molecule has 0 aromatic heterocycles.